The minimum atomic E-state index is -1.09. The van der Waals surface area contributed by atoms with Crippen LogP contribution in [0.2, 0.25) is 0 Å². The van der Waals surface area contributed by atoms with Gasteiger partial charge in [0.2, 0.25) is 5.78 Å². The summed E-state index contributed by atoms with van der Waals surface area (Å²) < 4.78 is 25.6. The lowest BCUT2D eigenvalue weighted by atomic mass is 9.95. The van der Waals surface area contributed by atoms with Gasteiger partial charge in [-0.25, -0.2) is 9.37 Å². The summed E-state index contributed by atoms with van der Waals surface area (Å²) in [5.74, 6) is -2.12. The van der Waals surface area contributed by atoms with Gasteiger partial charge in [-0.1, -0.05) is 23.5 Å². The molecule has 0 fully saturated rings. The number of ether oxygens (including phenoxy) is 1. The predicted octanol–water partition coefficient (Wildman–Crippen LogP) is 5.21. The summed E-state index contributed by atoms with van der Waals surface area (Å²) in [4.78, 5) is 32.1. The smallest absolute Gasteiger partial charge is 0.296 e. The average Bonchev–Trinajstić information content (AvgIpc) is 3.52. The first-order valence-corrected chi connectivity index (χ1v) is 10.9. The summed E-state index contributed by atoms with van der Waals surface area (Å²) in [7, 11) is 0. The Morgan fingerprint density at radius 2 is 2.09 bits per heavy atom. The Bertz CT molecular complexity index is 1410. The Morgan fingerprint density at radius 1 is 1.24 bits per heavy atom. The topological polar surface area (TPSA) is 92.9 Å². The number of thiazole rings is 1. The van der Waals surface area contributed by atoms with Crippen LogP contribution in [0.3, 0.4) is 0 Å². The summed E-state index contributed by atoms with van der Waals surface area (Å²) in [6.07, 6.45) is 1.32. The first kappa shape index (κ1) is 20.9. The molecule has 5 rings (SSSR count). The quantitative estimate of drug-likeness (QED) is 0.394. The third-order valence-corrected chi connectivity index (χ3v) is 6.25. The van der Waals surface area contributed by atoms with Crippen molar-refractivity contribution in [2.45, 2.75) is 13.0 Å². The Balaban J connectivity index is 1.65. The molecule has 3 heterocycles. The Hall–Kier alpha value is -3.98. The van der Waals surface area contributed by atoms with Crippen LogP contribution in [0.25, 0.3) is 10.2 Å². The van der Waals surface area contributed by atoms with Crippen molar-refractivity contribution in [2.75, 3.05) is 11.5 Å². The number of aliphatic hydroxyl groups is 1. The minimum absolute atomic E-state index is 0.0433. The lowest BCUT2D eigenvalue weighted by Crippen LogP contribution is -2.31. The van der Waals surface area contributed by atoms with Gasteiger partial charge in [0.15, 0.2) is 16.7 Å². The van der Waals surface area contributed by atoms with Gasteiger partial charge in [-0.15, -0.1) is 0 Å². The summed E-state index contributed by atoms with van der Waals surface area (Å²) in [5, 5.41) is 11.0. The van der Waals surface area contributed by atoms with Crippen LogP contribution < -0.4 is 9.64 Å². The number of aliphatic hydroxyl groups excluding tert-OH is 1. The van der Waals surface area contributed by atoms with Crippen molar-refractivity contribution in [2.24, 2.45) is 0 Å². The highest BCUT2D eigenvalue weighted by molar-refractivity contribution is 7.22. The Morgan fingerprint density at radius 3 is 2.82 bits per heavy atom. The number of carbonyl (C=O) groups is 2. The van der Waals surface area contributed by atoms with E-state index in [2.05, 4.69) is 4.98 Å². The van der Waals surface area contributed by atoms with E-state index in [1.807, 2.05) is 6.92 Å². The fourth-order valence-electron chi connectivity index (χ4n) is 3.82. The van der Waals surface area contributed by atoms with Crippen molar-refractivity contribution in [3.8, 4) is 5.75 Å². The van der Waals surface area contributed by atoms with Crippen molar-refractivity contribution in [3.63, 3.8) is 0 Å². The van der Waals surface area contributed by atoms with Crippen LogP contribution in [-0.2, 0) is 4.79 Å². The lowest BCUT2D eigenvalue weighted by Gasteiger charge is -2.24. The fourth-order valence-corrected chi connectivity index (χ4v) is 4.84. The van der Waals surface area contributed by atoms with Crippen molar-refractivity contribution in [3.05, 3.63) is 89.3 Å². The van der Waals surface area contributed by atoms with Crippen LogP contribution in [0, 0.1) is 5.82 Å². The zero-order chi connectivity index (χ0) is 23.1. The predicted molar refractivity (Wildman–Crippen MR) is 120 cm³/mol. The van der Waals surface area contributed by atoms with E-state index in [1.165, 1.54) is 52.8 Å². The summed E-state index contributed by atoms with van der Waals surface area (Å²) in [6.45, 7) is 2.38. The number of anilines is 1. The van der Waals surface area contributed by atoms with Crippen LogP contribution >= 0.6 is 11.3 Å². The highest BCUT2D eigenvalue weighted by Gasteiger charge is 2.46. The van der Waals surface area contributed by atoms with Crippen molar-refractivity contribution in [1.82, 2.24) is 4.98 Å². The first-order chi connectivity index (χ1) is 16.0. The average molecular weight is 464 g/mol. The number of halogens is 1. The summed E-state index contributed by atoms with van der Waals surface area (Å²) in [6, 6.07) is 12.8. The molecule has 0 bridgehead atoms. The maximum Gasteiger partial charge on any atom is 0.296 e. The molecule has 0 saturated heterocycles. The Labute approximate surface area is 191 Å². The third kappa shape index (κ3) is 3.56. The Kier molecular flexibility index (Phi) is 5.18. The van der Waals surface area contributed by atoms with Gasteiger partial charge in [-0.3, -0.25) is 14.5 Å². The van der Waals surface area contributed by atoms with Gasteiger partial charge in [-0.05, 0) is 55.0 Å². The number of ketones is 1. The zero-order valence-corrected chi connectivity index (χ0v) is 18.1. The first-order valence-electron chi connectivity index (χ1n) is 10.1. The van der Waals surface area contributed by atoms with Gasteiger partial charge >= 0.3 is 0 Å². The van der Waals surface area contributed by atoms with Crippen molar-refractivity contribution in [1.29, 1.82) is 0 Å². The molecule has 2 aromatic heterocycles. The van der Waals surface area contributed by atoms with Gasteiger partial charge in [0.1, 0.15) is 11.6 Å². The highest BCUT2D eigenvalue weighted by atomic mass is 32.1. The van der Waals surface area contributed by atoms with E-state index in [-0.39, 0.29) is 16.5 Å². The fraction of sp³-hybridized carbons (Fsp3) is 0.125. The maximum atomic E-state index is 14.1. The molecule has 1 N–H and O–H groups in total. The molecule has 4 aromatic rings. The van der Waals surface area contributed by atoms with Crippen molar-refractivity contribution >= 4 is 38.4 Å². The molecule has 0 aliphatic carbocycles. The van der Waals surface area contributed by atoms with Gasteiger partial charge in [0, 0.05) is 0 Å². The number of benzene rings is 2. The van der Waals surface area contributed by atoms with Crippen molar-refractivity contribution < 1.29 is 28.2 Å². The van der Waals surface area contributed by atoms with E-state index in [9.17, 15) is 19.1 Å². The normalized spacial score (nSPS) is 16.1. The lowest BCUT2D eigenvalue weighted by molar-refractivity contribution is -0.117. The molecule has 1 amide bonds. The second kappa shape index (κ2) is 8.18. The van der Waals surface area contributed by atoms with Crippen LogP contribution in [0.15, 0.2) is 76.6 Å². The van der Waals surface area contributed by atoms with Crippen LogP contribution in [0.1, 0.15) is 29.1 Å². The van der Waals surface area contributed by atoms with E-state index < -0.39 is 29.3 Å². The van der Waals surface area contributed by atoms with E-state index >= 15 is 0 Å². The molecule has 0 spiro atoms. The standard InChI is InChI=1S/C24H17FN2O5S/c1-2-31-15-8-9-16-18(12-15)33-24(26-16)27-20(13-5-3-6-14(25)11-13)19(22(29)23(27)30)21(28)17-7-4-10-32-17/h3-12,20,29H,2H2,1H3/t20-/m1/s1. The van der Waals surface area contributed by atoms with Gasteiger partial charge in [0.25, 0.3) is 5.91 Å². The summed E-state index contributed by atoms with van der Waals surface area (Å²) in [5.41, 5.74) is 0.737. The number of nitrogens with zero attached hydrogens (tertiary/aromatic N) is 2. The third-order valence-electron chi connectivity index (χ3n) is 5.23. The number of carbonyl (C=O) groups excluding carboxylic acids is 2. The molecule has 0 saturated carbocycles. The number of fused-ring (bicyclic) bond motifs is 1. The molecule has 1 aliphatic rings. The van der Waals surface area contributed by atoms with E-state index in [1.54, 1.807) is 24.3 Å². The molecule has 1 aliphatic heterocycles. The number of hydrogen-bond acceptors (Lipinski definition) is 7. The second-order valence-corrected chi connectivity index (χ2v) is 8.27. The molecule has 0 unspecified atom stereocenters. The second-order valence-electron chi connectivity index (χ2n) is 7.26. The number of aromatic nitrogens is 1. The molecule has 7 nitrogen and oxygen atoms in total. The van der Waals surface area contributed by atoms with E-state index in [0.29, 0.717) is 23.4 Å². The molecule has 166 valence electrons. The van der Waals surface area contributed by atoms with Crippen LogP contribution in [-0.4, -0.2) is 28.4 Å². The van der Waals surface area contributed by atoms with Gasteiger partial charge in [0.05, 0.1) is 34.7 Å². The largest absolute Gasteiger partial charge is 0.503 e. The minimum Gasteiger partial charge on any atom is -0.503 e. The number of furan rings is 1. The molecular weight excluding hydrogens is 447 g/mol. The zero-order valence-electron chi connectivity index (χ0n) is 17.3. The highest BCUT2D eigenvalue weighted by Crippen LogP contribution is 2.44. The number of Topliss-reactive ketones (excluding diaryl/α,β-unsaturated/α-hetero) is 1. The van der Waals surface area contributed by atoms with Crippen LogP contribution in [0.4, 0.5) is 9.52 Å². The molecular formula is C24H17FN2O5S. The molecule has 2 aromatic carbocycles. The monoisotopic (exact) mass is 464 g/mol. The molecule has 0 radical (unpaired) electrons. The number of rotatable bonds is 6. The number of hydrogen-bond donors (Lipinski definition) is 1. The number of amides is 1. The van der Waals surface area contributed by atoms with Gasteiger partial charge in [-0.2, -0.15) is 0 Å². The van der Waals surface area contributed by atoms with Gasteiger partial charge < -0.3 is 14.3 Å². The van der Waals surface area contributed by atoms with Crippen LogP contribution in [0.5, 0.6) is 5.75 Å². The van der Waals surface area contributed by atoms with E-state index in [4.69, 9.17) is 9.15 Å². The summed E-state index contributed by atoms with van der Waals surface area (Å²) >= 11 is 1.20. The molecule has 9 heteroatoms. The van der Waals surface area contributed by atoms with E-state index in [0.717, 1.165) is 4.70 Å². The SMILES string of the molecule is CCOc1ccc2nc(N3C(=O)C(O)=C(C(=O)c4ccco4)[C@H]3c3cccc(F)c3)sc2c1. The molecule has 1 atom stereocenters. The maximum absolute atomic E-state index is 14.1. The molecule has 33 heavy (non-hydrogen) atoms.